The summed E-state index contributed by atoms with van der Waals surface area (Å²) >= 11 is 0. The van der Waals surface area contributed by atoms with Gasteiger partial charge < -0.3 is 19.9 Å². The molecule has 0 aliphatic rings. The van der Waals surface area contributed by atoms with Gasteiger partial charge in [-0.05, 0) is 54.3 Å². The van der Waals surface area contributed by atoms with E-state index in [1.165, 1.54) is 28.9 Å². The number of carbonyl (C=O) groups excluding carboxylic acids is 2. The van der Waals surface area contributed by atoms with Crippen LogP contribution in [0.15, 0.2) is 42.5 Å². The third-order valence-electron chi connectivity index (χ3n) is 5.77. The number of aromatic nitrogens is 4. The standard InChI is InChI=1S/C26H34N6O5/c1-6-21(26(35)27-13-12-17(2)3)32(19-8-7-9-20(33)15-19)24(34)16-31-29-25(28-30-31)18-10-11-22(36-4)23(14-18)37-5/h7-11,14-15,17,21,33H,6,12-13,16H2,1-5H3,(H,27,35)/t21-/m1/s1. The highest BCUT2D eigenvalue weighted by atomic mass is 16.5. The summed E-state index contributed by atoms with van der Waals surface area (Å²) in [6.45, 7) is 6.24. The zero-order valence-corrected chi connectivity index (χ0v) is 21.8. The number of aromatic hydroxyl groups is 1. The second-order valence-electron chi connectivity index (χ2n) is 8.89. The van der Waals surface area contributed by atoms with Gasteiger partial charge in [0.15, 0.2) is 11.5 Å². The molecule has 11 nitrogen and oxygen atoms in total. The Bertz CT molecular complexity index is 1210. The fraction of sp³-hybridized carbons (Fsp3) is 0.423. The smallest absolute Gasteiger partial charge is 0.251 e. The minimum absolute atomic E-state index is 0.0139. The van der Waals surface area contributed by atoms with Crippen molar-refractivity contribution in [1.29, 1.82) is 0 Å². The number of hydrogen-bond acceptors (Lipinski definition) is 8. The maximum absolute atomic E-state index is 13.5. The monoisotopic (exact) mass is 510 g/mol. The highest BCUT2D eigenvalue weighted by Crippen LogP contribution is 2.31. The fourth-order valence-electron chi connectivity index (χ4n) is 3.83. The number of rotatable bonds is 12. The van der Waals surface area contributed by atoms with Gasteiger partial charge in [0.2, 0.25) is 11.7 Å². The lowest BCUT2D eigenvalue weighted by Crippen LogP contribution is -2.51. The van der Waals surface area contributed by atoms with Crippen LogP contribution >= 0.6 is 0 Å². The summed E-state index contributed by atoms with van der Waals surface area (Å²) in [5.41, 5.74) is 1.04. The van der Waals surface area contributed by atoms with Gasteiger partial charge in [0.1, 0.15) is 18.3 Å². The lowest BCUT2D eigenvalue weighted by Gasteiger charge is -2.30. The van der Waals surface area contributed by atoms with Gasteiger partial charge in [-0.1, -0.05) is 26.8 Å². The summed E-state index contributed by atoms with van der Waals surface area (Å²) in [7, 11) is 3.08. The molecule has 1 atom stereocenters. The second kappa shape index (κ2) is 12.7. The largest absolute Gasteiger partial charge is 0.508 e. The summed E-state index contributed by atoms with van der Waals surface area (Å²) < 4.78 is 10.6. The molecule has 0 spiro atoms. The Labute approximate surface area is 216 Å². The topological polar surface area (TPSA) is 132 Å². The molecule has 2 N–H and O–H groups in total. The molecule has 198 valence electrons. The van der Waals surface area contributed by atoms with Crippen molar-refractivity contribution in [1.82, 2.24) is 25.5 Å². The van der Waals surface area contributed by atoms with Crippen LogP contribution in [0.4, 0.5) is 5.69 Å². The minimum atomic E-state index is -0.782. The third kappa shape index (κ3) is 6.96. The van der Waals surface area contributed by atoms with Crippen molar-refractivity contribution < 1.29 is 24.2 Å². The first-order valence-electron chi connectivity index (χ1n) is 12.2. The van der Waals surface area contributed by atoms with E-state index in [1.807, 2.05) is 6.92 Å². The molecule has 1 aromatic heterocycles. The Balaban J connectivity index is 1.85. The zero-order chi connectivity index (χ0) is 26.9. The molecule has 37 heavy (non-hydrogen) atoms. The molecule has 0 bridgehead atoms. The first-order chi connectivity index (χ1) is 17.8. The predicted molar refractivity (Wildman–Crippen MR) is 138 cm³/mol. The van der Waals surface area contributed by atoms with Gasteiger partial charge in [-0.3, -0.25) is 14.5 Å². The van der Waals surface area contributed by atoms with E-state index < -0.39 is 11.9 Å². The van der Waals surface area contributed by atoms with Crippen molar-refractivity contribution in [3.8, 4) is 28.6 Å². The van der Waals surface area contributed by atoms with Crippen molar-refractivity contribution in [3.63, 3.8) is 0 Å². The number of anilines is 1. The van der Waals surface area contributed by atoms with Crippen LogP contribution in [-0.4, -0.2) is 63.9 Å². The average Bonchev–Trinajstić information content (AvgIpc) is 3.34. The number of phenolic OH excluding ortho intramolecular Hbond substituents is 1. The molecule has 3 rings (SSSR count). The predicted octanol–water partition coefficient (Wildman–Crippen LogP) is 3.04. The second-order valence-corrected chi connectivity index (χ2v) is 8.89. The lowest BCUT2D eigenvalue weighted by molar-refractivity contribution is -0.127. The molecule has 2 aromatic carbocycles. The summed E-state index contributed by atoms with van der Waals surface area (Å²) in [5.74, 6) is 1.10. The van der Waals surface area contributed by atoms with Crippen molar-refractivity contribution in [2.24, 2.45) is 5.92 Å². The summed E-state index contributed by atoms with van der Waals surface area (Å²) in [6.07, 6.45) is 1.20. The molecule has 0 aliphatic carbocycles. The SMILES string of the molecule is CC[C@H](C(=O)NCCC(C)C)N(C(=O)Cn1nnc(-c2ccc(OC)c(OC)c2)n1)c1cccc(O)c1. The number of tetrazole rings is 1. The molecule has 11 heteroatoms. The van der Waals surface area contributed by atoms with Gasteiger partial charge in [0.05, 0.1) is 14.2 Å². The van der Waals surface area contributed by atoms with Crippen LogP contribution in [0.2, 0.25) is 0 Å². The Kier molecular flexibility index (Phi) is 9.42. The van der Waals surface area contributed by atoms with Crippen molar-refractivity contribution in [2.45, 2.75) is 46.2 Å². The normalized spacial score (nSPS) is 11.7. The number of nitrogens with zero attached hydrogens (tertiary/aromatic N) is 5. The van der Waals surface area contributed by atoms with E-state index in [9.17, 15) is 14.7 Å². The van der Waals surface area contributed by atoms with E-state index in [4.69, 9.17) is 9.47 Å². The highest BCUT2D eigenvalue weighted by Gasteiger charge is 2.30. The molecule has 0 aliphatic heterocycles. The number of methoxy groups -OCH3 is 2. The van der Waals surface area contributed by atoms with Gasteiger partial charge in [-0.25, -0.2) is 0 Å². The molecule has 0 radical (unpaired) electrons. The molecule has 0 unspecified atom stereocenters. The first kappa shape index (κ1) is 27.4. The maximum atomic E-state index is 13.5. The Morgan fingerprint density at radius 1 is 1.11 bits per heavy atom. The van der Waals surface area contributed by atoms with Crippen LogP contribution in [0, 0.1) is 5.92 Å². The van der Waals surface area contributed by atoms with Crippen LogP contribution in [0.3, 0.4) is 0 Å². The van der Waals surface area contributed by atoms with Crippen molar-refractivity contribution in [2.75, 3.05) is 25.7 Å². The number of carbonyl (C=O) groups is 2. The van der Waals surface area contributed by atoms with E-state index in [0.29, 0.717) is 47.5 Å². The van der Waals surface area contributed by atoms with Gasteiger partial charge >= 0.3 is 0 Å². The average molecular weight is 511 g/mol. The Hall–Kier alpha value is -4.15. The highest BCUT2D eigenvalue weighted by molar-refractivity contribution is 6.00. The molecule has 2 amide bonds. The van der Waals surface area contributed by atoms with Gasteiger partial charge in [-0.2, -0.15) is 4.80 Å². The molecule has 3 aromatic rings. The molecule has 1 heterocycles. The summed E-state index contributed by atoms with van der Waals surface area (Å²) in [6, 6.07) is 10.7. The van der Waals surface area contributed by atoms with Crippen LogP contribution in [-0.2, 0) is 16.1 Å². The quantitative estimate of drug-likeness (QED) is 0.380. The number of nitrogens with one attached hydrogen (secondary N) is 1. The fourth-order valence-corrected chi connectivity index (χ4v) is 3.83. The van der Waals surface area contributed by atoms with E-state index in [2.05, 4.69) is 34.6 Å². The van der Waals surface area contributed by atoms with Gasteiger partial charge in [0.25, 0.3) is 5.91 Å². The number of phenols is 1. The number of ether oxygens (including phenoxy) is 2. The maximum Gasteiger partial charge on any atom is 0.251 e. The third-order valence-corrected chi connectivity index (χ3v) is 5.77. The Morgan fingerprint density at radius 2 is 1.86 bits per heavy atom. The van der Waals surface area contributed by atoms with E-state index in [0.717, 1.165) is 6.42 Å². The number of amides is 2. The number of benzene rings is 2. The molecule has 0 saturated carbocycles. The lowest BCUT2D eigenvalue weighted by atomic mass is 10.1. The van der Waals surface area contributed by atoms with E-state index in [-0.39, 0.29) is 18.2 Å². The molecular formula is C26H34N6O5. The number of hydrogen-bond donors (Lipinski definition) is 2. The van der Waals surface area contributed by atoms with Crippen molar-refractivity contribution >= 4 is 17.5 Å². The molecule has 0 saturated heterocycles. The summed E-state index contributed by atoms with van der Waals surface area (Å²) in [4.78, 5) is 29.2. The Morgan fingerprint density at radius 3 is 2.51 bits per heavy atom. The van der Waals surface area contributed by atoms with E-state index >= 15 is 0 Å². The first-order valence-corrected chi connectivity index (χ1v) is 12.2. The van der Waals surface area contributed by atoms with E-state index in [1.54, 1.807) is 37.4 Å². The van der Waals surface area contributed by atoms with Crippen LogP contribution < -0.4 is 19.7 Å². The van der Waals surface area contributed by atoms with Crippen molar-refractivity contribution in [3.05, 3.63) is 42.5 Å². The molecule has 0 fully saturated rings. The molecular weight excluding hydrogens is 476 g/mol. The summed E-state index contributed by atoms with van der Waals surface area (Å²) in [5, 5.41) is 25.4. The van der Waals surface area contributed by atoms with Crippen LogP contribution in [0.25, 0.3) is 11.4 Å². The van der Waals surface area contributed by atoms with Gasteiger partial charge in [0, 0.05) is 23.9 Å². The van der Waals surface area contributed by atoms with Gasteiger partial charge in [-0.15, -0.1) is 10.2 Å². The zero-order valence-electron chi connectivity index (χ0n) is 21.8. The minimum Gasteiger partial charge on any atom is -0.508 e. The van der Waals surface area contributed by atoms with Crippen LogP contribution in [0.1, 0.15) is 33.6 Å². The van der Waals surface area contributed by atoms with Crippen LogP contribution in [0.5, 0.6) is 17.2 Å².